The fourth-order valence-corrected chi connectivity index (χ4v) is 4.84. The molecule has 4 nitrogen and oxygen atoms in total. The predicted molar refractivity (Wildman–Crippen MR) is 77.7 cm³/mol. The molecule has 1 saturated carbocycles. The van der Waals surface area contributed by atoms with Crippen molar-refractivity contribution >= 4 is 10.0 Å². The molecule has 1 aliphatic carbocycles. The summed E-state index contributed by atoms with van der Waals surface area (Å²) in [6.45, 7) is 4.12. The Morgan fingerprint density at radius 2 is 2.00 bits per heavy atom. The Hall–Kier alpha value is -1.38. The highest BCUT2D eigenvalue weighted by molar-refractivity contribution is 7.89. The fraction of sp³-hybridized carbons (Fsp3) is 0.533. The summed E-state index contributed by atoms with van der Waals surface area (Å²) in [6, 6.07) is 6.96. The maximum absolute atomic E-state index is 12.9. The average Bonchev–Trinajstić information content (AvgIpc) is 2.93. The van der Waals surface area contributed by atoms with Crippen LogP contribution in [0.3, 0.4) is 0 Å². The van der Waals surface area contributed by atoms with Crippen LogP contribution in [0.15, 0.2) is 23.1 Å². The molecule has 108 valence electrons. The summed E-state index contributed by atoms with van der Waals surface area (Å²) in [5.41, 5.74) is 1.08. The first-order valence-corrected chi connectivity index (χ1v) is 8.47. The quantitative estimate of drug-likeness (QED) is 0.857. The van der Waals surface area contributed by atoms with Crippen LogP contribution >= 0.6 is 0 Å². The van der Waals surface area contributed by atoms with Gasteiger partial charge in [0.2, 0.25) is 10.0 Å². The Balaban J connectivity index is 2.45. The number of rotatable bonds is 4. The Morgan fingerprint density at radius 3 is 2.55 bits per heavy atom. The largest absolute Gasteiger partial charge is 0.243 e. The molecular weight excluding hydrogens is 272 g/mol. The standard InChI is InChI=1S/C15H20N2O2S/c1-3-17(14-6-4-5-7-14)20(18,19)15-10-13(11-16)9-8-12(15)2/h8-10,14H,3-7H2,1-2H3. The first kappa shape index (κ1) is 15.0. The molecule has 20 heavy (non-hydrogen) atoms. The van der Waals surface area contributed by atoms with Crippen molar-refractivity contribution in [3.05, 3.63) is 29.3 Å². The van der Waals surface area contributed by atoms with E-state index >= 15 is 0 Å². The maximum atomic E-state index is 12.9. The number of hydrogen-bond acceptors (Lipinski definition) is 3. The van der Waals surface area contributed by atoms with Gasteiger partial charge < -0.3 is 0 Å². The highest BCUT2D eigenvalue weighted by atomic mass is 32.2. The van der Waals surface area contributed by atoms with Crippen molar-refractivity contribution < 1.29 is 8.42 Å². The maximum Gasteiger partial charge on any atom is 0.243 e. The molecule has 0 saturated heterocycles. The van der Waals surface area contributed by atoms with Crippen molar-refractivity contribution in [2.75, 3.05) is 6.54 Å². The van der Waals surface area contributed by atoms with Crippen molar-refractivity contribution in [1.29, 1.82) is 5.26 Å². The zero-order chi connectivity index (χ0) is 14.8. The molecule has 1 aliphatic rings. The molecule has 0 spiro atoms. The van der Waals surface area contributed by atoms with Gasteiger partial charge in [0.25, 0.3) is 0 Å². The van der Waals surface area contributed by atoms with E-state index in [-0.39, 0.29) is 10.9 Å². The first-order valence-electron chi connectivity index (χ1n) is 7.03. The highest BCUT2D eigenvalue weighted by Gasteiger charge is 2.32. The summed E-state index contributed by atoms with van der Waals surface area (Å²) in [5, 5.41) is 8.97. The van der Waals surface area contributed by atoms with E-state index in [4.69, 9.17) is 5.26 Å². The van der Waals surface area contributed by atoms with Gasteiger partial charge >= 0.3 is 0 Å². The van der Waals surface area contributed by atoms with Crippen LogP contribution in [0, 0.1) is 18.3 Å². The second-order valence-corrected chi connectivity index (χ2v) is 7.10. The summed E-state index contributed by atoms with van der Waals surface area (Å²) in [5.74, 6) is 0. The van der Waals surface area contributed by atoms with E-state index in [0.29, 0.717) is 17.7 Å². The number of nitrogens with zero attached hydrogens (tertiary/aromatic N) is 2. The summed E-state index contributed by atoms with van der Waals surface area (Å²) >= 11 is 0. The second kappa shape index (κ2) is 5.94. The Kier molecular flexibility index (Phi) is 4.46. The van der Waals surface area contributed by atoms with Crippen LogP contribution in [0.5, 0.6) is 0 Å². The molecule has 0 aromatic heterocycles. The van der Waals surface area contributed by atoms with Gasteiger partial charge in [0.15, 0.2) is 0 Å². The van der Waals surface area contributed by atoms with Crippen LogP contribution in [0.4, 0.5) is 0 Å². The molecule has 0 radical (unpaired) electrons. The molecule has 1 aromatic rings. The summed E-state index contributed by atoms with van der Waals surface area (Å²) < 4.78 is 27.3. The monoisotopic (exact) mass is 292 g/mol. The van der Waals surface area contributed by atoms with Gasteiger partial charge in [0, 0.05) is 12.6 Å². The van der Waals surface area contributed by atoms with Gasteiger partial charge in [-0.05, 0) is 37.5 Å². The first-order chi connectivity index (χ1) is 9.50. The summed E-state index contributed by atoms with van der Waals surface area (Å²) in [7, 11) is -3.52. The lowest BCUT2D eigenvalue weighted by molar-refractivity contribution is 0.335. The van der Waals surface area contributed by atoms with Gasteiger partial charge in [-0.2, -0.15) is 9.57 Å². The second-order valence-electron chi connectivity index (χ2n) is 5.24. The zero-order valence-corrected chi connectivity index (χ0v) is 12.8. The third-order valence-electron chi connectivity index (χ3n) is 3.95. The topological polar surface area (TPSA) is 61.2 Å². The normalized spacial score (nSPS) is 16.5. The van der Waals surface area contributed by atoms with E-state index in [0.717, 1.165) is 25.7 Å². The van der Waals surface area contributed by atoms with Crippen LogP contribution < -0.4 is 0 Å². The van der Waals surface area contributed by atoms with E-state index in [1.165, 1.54) is 6.07 Å². The van der Waals surface area contributed by atoms with Crippen LogP contribution in [0.2, 0.25) is 0 Å². The molecule has 5 heteroatoms. The lowest BCUT2D eigenvalue weighted by atomic mass is 10.2. The number of benzene rings is 1. The lowest BCUT2D eigenvalue weighted by Crippen LogP contribution is -2.38. The van der Waals surface area contributed by atoms with E-state index in [1.54, 1.807) is 23.4 Å². The van der Waals surface area contributed by atoms with Crippen LogP contribution in [-0.4, -0.2) is 25.3 Å². The SMILES string of the molecule is CCN(C1CCCC1)S(=O)(=O)c1cc(C#N)ccc1C. The Labute approximate surface area is 121 Å². The van der Waals surface area contributed by atoms with E-state index in [1.807, 2.05) is 13.0 Å². The lowest BCUT2D eigenvalue weighted by Gasteiger charge is -2.27. The van der Waals surface area contributed by atoms with E-state index in [9.17, 15) is 8.42 Å². The van der Waals surface area contributed by atoms with Crippen LogP contribution in [0.25, 0.3) is 0 Å². The number of hydrogen-bond donors (Lipinski definition) is 0. The number of nitriles is 1. The molecule has 1 aromatic carbocycles. The van der Waals surface area contributed by atoms with Crippen molar-refractivity contribution in [3.63, 3.8) is 0 Å². The molecule has 0 aliphatic heterocycles. The highest BCUT2D eigenvalue weighted by Crippen LogP contribution is 2.29. The van der Waals surface area contributed by atoms with Gasteiger partial charge in [0.05, 0.1) is 16.5 Å². The fourth-order valence-electron chi connectivity index (χ4n) is 2.89. The van der Waals surface area contributed by atoms with Gasteiger partial charge in [-0.25, -0.2) is 8.42 Å². The molecule has 0 bridgehead atoms. The minimum atomic E-state index is -3.52. The zero-order valence-electron chi connectivity index (χ0n) is 12.0. The summed E-state index contributed by atoms with van der Waals surface area (Å²) in [4.78, 5) is 0.269. The van der Waals surface area contributed by atoms with Crippen molar-refractivity contribution in [3.8, 4) is 6.07 Å². The van der Waals surface area contributed by atoms with Gasteiger partial charge in [0.1, 0.15) is 0 Å². The van der Waals surface area contributed by atoms with Crippen molar-refractivity contribution in [2.24, 2.45) is 0 Å². The number of aryl methyl sites for hydroxylation is 1. The molecule has 1 fully saturated rings. The van der Waals surface area contributed by atoms with Crippen LogP contribution in [-0.2, 0) is 10.0 Å². The third kappa shape index (κ3) is 2.72. The molecule has 0 heterocycles. The van der Waals surface area contributed by atoms with E-state index < -0.39 is 10.0 Å². The molecule has 0 amide bonds. The summed E-state index contributed by atoms with van der Waals surface area (Å²) in [6.07, 6.45) is 4.05. The van der Waals surface area contributed by atoms with Crippen molar-refractivity contribution in [2.45, 2.75) is 50.5 Å². The Bertz CT molecular complexity index is 626. The minimum absolute atomic E-state index is 0.107. The van der Waals surface area contributed by atoms with Gasteiger partial charge in [-0.1, -0.05) is 25.8 Å². The minimum Gasteiger partial charge on any atom is -0.207 e. The predicted octanol–water partition coefficient (Wildman–Crippen LogP) is 2.82. The molecule has 0 unspecified atom stereocenters. The molecule has 0 atom stereocenters. The van der Waals surface area contributed by atoms with Gasteiger partial charge in [-0.15, -0.1) is 0 Å². The third-order valence-corrected chi connectivity index (χ3v) is 6.12. The average molecular weight is 292 g/mol. The molecule has 2 rings (SSSR count). The molecular formula is C15H20N2O2S. The van der Waals surface area contributed by atoms with Gasteiger partial charge in [-0.3, -0.25) is 0 Å². The number of sulfonamides is 1. The smallest absolute Gasteiger partial charge is 0.207 e. The van der Waals surface area contributed by atoms with E-state index in [2.05, 4.69) is 0 Å². The molecule has 0 N–H and O–H groups in total. The van der Waals surface area contributed by atoms with Crippen LogP contribution in [0.1, 0.15) is 43.7 Å². The Morgan fingerprint density at radius 1 is 1.35 bits per heavy atom. The van der Waals surface area contributed by atoms with Crippen molar-refractivity contribution in [1.82, 2.24) is 4.31 Å².